The summed E-state index contributed by atoms with van der Waals surface area (Å²) in [6.07, 6.45) is 1.56. The number of amides is 2. The molecule has 0 saturated carbocycles. The lowest BCUT2D eigenvalue weighted by atomic mass is 10.2. The fourth-order valence-electron chi connectivity index (χ4n) is 3.11. The van der Waals surface area contributed by atoms with Crippen LogP contribution in [0.5, 0.6) is 0 Å². The van der Waals surface area contributed by atoms with Crippen molar-refractivity contribution in [3.05, 3.63) is 71.7 Å². The molecule has 2 N–H and O–H groups in total. The van der Waals surface area contributed by atoms with E-state index in [4.69, 9.17) is 0 Å². The molecule has 1 saturated heterocycles. The number of benzene rings is 2. The number of imide groups is 1. The highest BCUT2D eigenvalue weighted by Gasteiger charge is 2.38. The standard InChI is InChI=1S/C20H18N4O4S2/c25-18-12-17(19(26)24(18)13-14-4-2-1-3-5-14)22-15-6-8-16(9-7-15)30(27,28)23-20-21-10-11-29-20/h1-11,17,22H,12-13H2,(H,21,23)/t17-/m0/s1. The van der Waals surface area contributed by atoms with Crippen molar-refractivity contribution in [2.75, 3.05) is 10.0 Å². The molecule has 0 spiro atoms. The summed E-state index contributed by atoms with van der Waals surface area (Å²) in [5.74, 6) is -0.542. The summed E-state index contributed by atoms with van der Waals surface area (Å²) in [6, 6.07) is 14.6. The number of hydrogen-bond acceptors (Lipinski definition) is 7. The van der Waals surface area contributed by atoms with Crippen molar-refractivity contribution in [2.24, 2.45) is 0 Å². The van der Waals surface area contributed by atoms with Gasteiger partial charge in [0.05, 0.1) is 17.9 Å². The predicted octanol–water partition coefficient (Wildman–Crippen LogP) is 2.68. The minimum Gasteiger partial charge on any atom is -0.373 e. The zero-order chi connectivity index (χ0) is 21.1. The van der Waals surface area contributed by atoms with Gasteiger partial charge in [-0.15, -0.1) is 11.3 Å². The molecule has 1 aliphatic rings. The van der Waals surface area contributed by atoms with Gasteiger partial charge in [-0.2, -0.15) is 0 Å². The molecule has 10 heteroatoms. The van der Waals surface area contributed by atoms with Gasteiger partial charge in [-0.3, -0.25) is 19.2 Å². The molecular weight excluding hydrogens is 424 g/mol. The van der Waals surface area contributed by atoms with Crippen LogP contribution in [0, 0.1) is 0 Å². The molecule has 3 aromatic rings. The molecule has 0 bridgehead atoms. The zero-order valence-corrected chi connectivity index (χ0v) is 17.3. The van der Waals surface area contributed by atoms with Crippen molar-refractivity contribution in [2.45, 2.75) is 23.9 Å². The lowest BCUT2D eigenvalue weighted by molar-refractivity contribution is -0.139. The third kappa shape index (κ3) is 4.34. The first-order valence-corrected chi connectivity index (χ1v) is 11.5. The minimum atomic E-state index is -3.75. The van der Waals surface area contributed by atoms with Crippen LogP contribution in [-0.4, -0.2) is 36.2 Å². The SMILES string of the molecule is O=C1C[C@H](Nc2ccc(S(=O)(=O)Nc3nccs3)cc2)C(=O)N1Cc1ccccc1. The summed E-state index contributed by atoms with van der Waals surface area (Å²) < 4.78 is 27.2. The fourth-order valence-corrected chi connectivity index (χ4v) is 4.90. The van der Waals surface area contributed by atoms with E-state index >= 15 is 0 Å². The maximum absolute atomic E-state index is 12.7. The second-order valence-corrected chi connectivity index (χ2v) is 9.25. The van der Waals surface area contributed by atoms with E-state index in [-0.39, 0.29) is 34.8 Å². The zero-order valence-electron chi connectivity index (χ0n) is 15.7. The first kappa shape index (κ1) is 20.0. The summed E-state index contributed by atoms with van der Waals surface area (Å²) in [5.41, 5.74) is 1.43. The Labute approximate surface area is 177 Å². The number of aromatic nitrogens is 1. The quantitative estimate of drug-likeness (QED) is 0.545. The molecule has 154 valence electrons. The van der Waals surface area contributed by atoms with Gasteiger partial charge in [0.25, 0.3) is 15.9 Å². The van der Waals surface area contributed by atoms with E-state index in [0.717, 1.165) is 5.56 Å². The maximum atomic E-state index is 12.7. The number of carbonyl (C=O) groups is 2. The lowest BCUT2D eigenvalue weighted by Gasteiger charge is -2.16. The Morgan fingerprint density at radius 2 is 1.80 bits per heavy atom. The summed E-state index contributed by atoms with van der Waals surface area (Å²) in [6.45, 7) is 0.232. The number of hydrogen-bond donors (Lipinski definition) is 2. The molecular formula is C20H18N4O4S2. The largest absolute Gasteiger partial charge is 0.373 e. The van der Waals surface area contributed by atoms with Gasteiger partial charge in [-0.05, 0) is 29.8 Å². The van der Waals surface area contributed by atoms with Gasteiger partial charge in [0.15, 0.2) is 5.13 Å². The van der Waals surface area contributed by atoms with Gasteiger partial charge in [0.1, 0.15) is 6.04 Å². The lowest BCUT2D eigenvalue weighted by Crippen LogP contribution is -2.34. The van der Waals surface area contributed by atoms with Crippen LogP contribution in [0.2, 0.25) is 0 Å². The molecule has 2 amide bonds. The number of carbonyl (C=O) groups excluding carboxylic acids is 2. The normalized spacial score (nSPS) is 16.7. The number of sulfonamides is 1. The Hall–Kier alpha value is -3.24. The van der Waals surface area contributed by atoms with Gasteiger partial charge in [0, 0.05) is 17.3 Å². The molecule has 2 heterocycles. The predicted molar refractivity (Wildman–Crippen MR) is 113 cm³/mol. The van der Waals surface area contributed by atoms with Crippen molar-refractivity contribution in [3.8, 4) is 0 Å². The highest BCUT2D eigenvalue weighted by molar-refractivity contribution is 7.93. The van der Waals surface area contributed by atoms with Crippen LogP contribution < -0.4 is 10.0 Å². The van der Waals surface area contributed by atoms with Crippen molar-refractivity contribution in [3.63, 3.8) is 0 Å². The monoisotopic (exact) mass is 442 g/mol. The van der Waals surface area contributed by atoms with Crippen molar-refractivity contribution in [1.29, 1.82) is 0 Å². The van der Waals surface area contributed by atoms with E-state index in [1.54, 1.807) is 17.5 Å². The topological polar surface area (TPSA) is 108 Å². The average molecular weight is 443 g/mol. The molecule has 8 nitrogen and oxygen atoms in total. The minimum absolute atomic E-state index is 0.0529. The maximum Gasteiger partial charge on any atom is 0.263 e. The highest BCUT2D eigenvalue weighted by atomic mass is 32.2. The van der Waals surface area contributed by atoms with Gasteiger partial charge in [0.2, 0.25) is 5.91 Å². The Morgan fingerprint density at radius 1 is 1.07 bits per heavy atom. The Bertz CT molecular complexity index is 1150. The van der Waals surface area contributed by atoms with E-state index in [1.807, 2.05) is 30.3 Å². The molecule has 2 aromatic carbocycles. The first-order valence-electron chi connectivity index (χ1n) is 9.09. The van der Waals surface area contributed by atoms with Crippen LogP contribution in [0.15, 0.2) is 71.1 Å². The molecule has 1 aliphatic heterocycles. The molecule has 0 unspecified atom stereocenters. The van der Waals surface area contributed by atoms with Crippen molar-refractivity contribution < 1.29 is 18.0 Å². The molecule has 1 fully saturated rings. The molecule has 30 heavy (non-hydrogen) atoms. The molecule has 1 atom stereocenters. The van der Waals surface area contributed by atoms with Gasteiger partial charge >= 0.3 is 0 Å². The van der Waals surface area contributed by atoms with E-state index in [1.165, 1.54) is 34.6 Å². The van der Waals surface area contributed by atoms with E-state index in [2.05, 4.69) is 15.0 Å². The van der Waals surface area contributed by atoms with Gasteiger partial charge < -0.3 is 5.32 Å². The molecule has 4 rings (SSSR count). The van der Waals surface area contributed by atoms with Crippen LogP contribution in [-0.2, 0) is 26.2 Å². The van der Waals surface area contributed by atoms with E-state index in [9.17, 15) is 18.0 Å². The third-order valence-corrected chi connectivity index (χ3v) is 6.76. The van der Waals surface area contributed by atoms with Crippen LogP contribution >= 0.6 is 11.3 Å². The highest BCUT2D eigenvalue weighted by Crippen LogP contribution is 2.23. The average Bonchev–Trinajstić information content (AvgIpc) is 3.32. The molecule has 1 aromatic heterocycles. The Kier molecular flexibility index (Phi) is 5.51. The van der Waals surface area contributed by atoms with Crippen LogP contribution in [0.1, 0.15) is 12.0 Å². The van der Waals surface area contributed by atoms with E-state index in [0.29, 0.717) is 5.69 Å². The summed E-state index contributed by atoms with van der Waals surface area (Å²) in [7, 11) is -3.75. The van der Waals surface area contributed by atoms with Gasteiger partial charge in [-0.1, -0.05) is 30.3 Å². The van der Waals surface area contributed by atoms with Gasteiger partial charge in [-0.25, -0.2) is 13.4 Å². The van der Waals surface area contributed by atoms with Crippen LogP contribution in [0.4, 0.5) is 10.8 Å². The number of likely N-dealkylation sites (tertiary alicyclic amines) is 1. The summed E-state index contributed by atoms with van der Waals surface area (Å²) >= 11 is 1.18. The smallest absolute Gasteiger partial charge is 0.263 e. The van der Waals surface area contributed by atoms with Crippen LogP contribution in [0.25, 0.3) is 0 Å². The number of rotatable bonds is 7. The Balaban J connectivity index is 1.42. The number of nitrogens with zero attached hydrogens (tertiary/aromatic N) is 2. The van der Waals surface area contributed by atoms with Crippen molar-refractivity contribution in [1.82, 2.24) is 9.88 Å². The first-order chi connectivity index (χ1) is 14.4. The summed E-state index contributed by atoms with van der Waals surface area (Å²) in [5, 5.41) is 4.98. The number of nitrogens with one attached hydrogen (secondary N) is 2. The van der Waals surface area contributed by atoms with Crippen molar-refractivity contribution >= 4 is 44.0 Å². The molecule has 0 radical (unpaired) electrons. The molecule has 0 aliphatic carbocycles. The summed E-state index contributed by atoms with van der Waals surface area (Å²) in [4.78, 5) is 30.2. The number of anilines is 2. The third-order valence-electron chi connectivity index (χ3n) is 4.59. The van der Waals surface area contributed by atoms with Crippen LogP contribution in [0.3, 0.4) is 0 Å². The Morgan fingerprint density at radius 3 is 2.47 bits per heavy atom. The second-order valence-electron chi connectivity index (χ2n) is 6.67. The van der Waals surface area contributed by atoms with E-state index < -0.39 is 16.1 Å². The second kappa shape index (κ2) is 8.25. The fraction of sp³-hybridized carbons (Fsp3) is 0.150. The number of thiazole rings is 1.